The summed E-state index contributed by atoms with van der Waals surface area (Å²) in [7, 11) is 0. The number of carboxylic acid groups (broad SMARTS) is 1. The van der Waals surface area contributed by atoms with Crippen LogP contribution in [0.4, 0.5) is 11.4 Å². The number of halogens is 1. The number of aromatic carboxylic acids is 1. The van der Waals surface area contributed by atoms with E-state index in [1.807, 2.05) is 18.2 Å². The number of hydrogen-bond donors (Lipinski definition) is 1. The molecule has 7 aromatic rings. The van der Waals surface area contributed by atoms with Gasteiger partial charge in [0.2, 0.25) is 0 Å². The van der Waals surface area contributed by atoms with Gasteiger partial charge in [-0.3, -0.25) is 4.98 Å². The molecule has 6 heteroatoms. The number of anilines is 2. The van der Waals surface area contributed by atoms with Crippen molar-refractivity contribution in [3.63, 3.8) is 0 Å². The second-order valence-electron chi connectivity index (χ2n) is 14.8. The predicted octanol–water partition coefficient (Wildman–Crippen LogP) is 10.8. The van der Waals surface area contributed by atoms with Gasteiger partial charge in [-0.25, -0.2) is 4.79 Å². The molecule has 1 atom stereocenters. The lowest BCUT2D eigenvalue weighted by molar-refractivity contribution is 0.0697. The van der Waals surface area contributed by atoms with Gasteiger partial charge >= 0.3 is 5.97 Å². The van der Waals surface area contributed by atoms with E-state index >= 15 is 0 Å². The first-order chi connectivity index (χ1) is 25.2. The maximum absolute atomic E-state index is 10.6. The van der Waals surface area contributed by atoms with Gasteiger partial charge in [-0.1, -0.05) is 92.2 Å². The number of hydrogen-bond acceptors (Lipinski definition) is 4. The van der Waals surface area contributed by atoms with Crippen molar-refractivity contribution >= 4 is 61.4 Å². The molecule has 6 aromatic carbocycles. The average Bonchev–Trinajstić information content (AvgIpc) is 3.17. The zero-order valence-corrected chi connectivity index (χ0v) is 30.4. The monoisotopic (exact) mass is 703 g/mol. The van der Waals surface area contributed by atoms with Gasteiger partial charge < -0.3 is 14.9 Å². The molecule has 5 nitrogen and oxygen atoms in total. The van der Waals surface area contributed by atoms with Gasteiger partial charge in [0.1, 0.15) is 0 Å². The van der Waals surface area contributed by atoms with Crippen LogP contribution in [0.1, 0.15) is 46.8 Å². The largest absolute Gasteiger partial charge is 0.478 e. The van der Waals surface area contributed by atoms with Gasteiger partial charge in [0.15, 0.2) is 0 Å². The molecular formula is C46H42ClN3O2. The van der Waals surface area contributed by atoms with E-state index in [0.29, 0.717) is 11.5 Å². The van der Waals surface area contributed by atoms with E-state index in [2.05, 4.69) is 114 Å². The number of pyridine rings is 1. The second kappa shape index (κ2) is 14.0. The fourth-order valence-corrected chi connectivity index (χ4v) is 8.39. The Balaban J connectivity index is 0.000000250. The summed E-state index contributed by atoms with van der Waals surface area (Å²) in [6.45, 7) is 9.05. The number of rotatable bonds is 4. The SMILES string of the molecule is CC1(C)Cc2c(ccc3c2ccc2ccccc23)CC1c1cccc(N2CCN(c3ccc(Cl)cc3)CC2)c1.O=C(O)c1ccc2ncccc2c1. The summed E-state index contributed by atoms with van der Waals surface area (Å²) in [5, 5.41) is 15.9. The molecule has 1 aromatic heterocycles. The number of benzene rings is 6. The third-order valence-electron chi connectivity index (χ3n) is 11.1. The van der Waals surface area contributed by atoms with Crippen molar-refractivity contribution in [3.8, 4) is 0 Å². The first-order valence-corrected chi connectivity index (χ1v) is 18.5. The lowest BCUT2D eigenvalue weighted by Gasteiger charge is -2.41. The van der Waals surface area contributed by atoms with Crippen molar-refractivity contribution in [1.82, 2.24) is 4.98 Å². The number of aromatic nitrogens is 1. The molecule has 1 unspecified atom stereocenters. The molecule has 0 saturated carbocycles. The smallest absolute Gasteiger partial charge is 0.335 e. The molecule has 0 amide bonds. The van der Waals surface area contributed by atoms with Crippen molar-refractivity contribution < 1.29 is 9.90 Å². The van der Waals surface area contributed by atoms with Crippen LogP contribution < -0.4 is 9.80 Å². The molecule has 0 radical (unpaired) electrons. The van der Waals surface area contributed by atoms with Crippen molar-refractivity contribution in [2.75, 3.05) is 36.0 Å². The highest BCUT2D eigenvalue weighted by molar-refractivity contribution is 6.30. The van der Waals surface area contributed by atoms with Crippen LogP contribution in [-0.2, 0) is 12.8 Å². The average molecular weight is 704 g/mol. The highest BCUT2D eigenvalue weighted by Crippen LogP contribution is 2.48. The normalized spacial score (nSPS) is 16.7. The molecule has 52 heavy (non-hydrogen) atoms. The Hall–Kier alpha value is -5.39. The van der Waals surface area contributed by atoms with E-state index in [1.54, 1.807) is 36.0 Å². The van der Waals surface area contributed by atoms with Gasteiger partial charge in [-0.2, -0.15) is 0 Å². The summed E-state index contributed by atoms with van der Waals surface area (Å²) in [6.07, 6.45) is 3.88. The Morgan fingerprint density at radius 2 is 1.44 bits per heavy atom. The maximum atomic E-state index is 10.6. The van der Waals surface area contributed by atoms with Crippen LogP contribution in [0.15, 0.2) is 134 Å². The van der Waals surface area contributed by atoms with Crippen LogP contribution in [0.5, 0.6) is 0 Å². The third kappa shape index (κ3) is 6.69. The van der Waals surface area contributed by atoms with Crippen LogP contribution >= 0.6 is 11.6 Å². The summed E-state index contributed by atoms with van der Waals surface area (Å²) >= 11 is 6.10. The molecule has 0 spiro atoms. The first kappa shape index (κ1) is 33.7. The quantitative estimate of drug-likeness (QED) is 0.185. The molecule has 1 N–H and O–H groups in total. The van der Waals surface area contributed by atoms with E-state index in [-0.39, 0.29) is 5.41 Å². The number of carboxylic acids is 1. The zero-order valence-electron chi connectivity index (χ0n) is 29.6. The van der Waals surface area contributed by atoms with Crippen molar-refractivity contribution in [3.05, 3.63) is 161 Å². The molecule has 9 rings (SSSR count). The van der Waals surface area contributed by atoms with Crippen LogP contribution in [0.2, 0.25) is 5.02 Å². The summed E-state index contributed by atoms with van der Waals surface area (Å²) in [5.74, 6) is -0.413. The fourth-order valence-electron chi connectivity index (χ4n) is 8.26. The van der Waals surface area contributed by atoms with Crippen molar-refractivity contribution in [2.24, 2.45) is 5.41 Å². The van der Waals surface area contributed by atoms with E-state index in [1.165, 1.54) is 44.0 Å². The number of nitrogens with zero attached hydrogens (tertiary/aromatic N) is 3. The minimum Gasteiger partial charge on any atom is -0.478 e. The van der Waals surface area contributed by atoms with Gasteiger partial charge in [-0.15, -0.1) is 0 Å². The van der Waals surface area contributed by atoms with Crippen molar-refractivity contribution in [2.45, 2.75) is 32.6 Å². The molecule has 1 aliphatic carbocycles. The van der Waals surface area contributed by atoms with Gasteiger partial charge in [-0.05, 0) is 123 Å². The molecule has 2 aliphatic rings. The highest BCUT2D eigenvalue weighted by Gasteiger charge is 2.37. The molecule has 0 bridgehead atoms. The Morgan fingerprint density at radius 1 is 0.712 bits per heavy atom. The van der Waals surface area contributed by atoms with Gasteiger partial charge in [0.05, 0.1) is 11.1 Å². The van der Waals surface area contributed by atoms with Crippen LogP contribution in [0, 0.1) is 5.41 Å². The molecule has 1 aliphatic heterocycles. The Labute approximate surface area is 310 Å². The maximum Gasteiger partial charge on any atom is 0.335 e. The Morgan fingerprint density at radius 3 is 2.23 bits per heavy atom. The van der Waals surface area contributed by atoms with E-state index in [0.717, 1.165) is 54.9 Å². The van der Waals surface area contributed by atoms with Crippen LogP contribution in [-0.4, -0.2) is 42.2 Å². The third-order valence-corrected chi connectivity index (χ3v) is 11.3. The lowest BCUT2D eigenvalue weighted by Crippen LogP contribution is -2.46. The number of fused-ring (bicyclic) bond motifs is 6. The first-order valence-electron chi connectivity index (χ1n) is 18.1. The van der Waals surface area contributed by atoms with Gasteiger partial charge in [0, 0.05) is 54.2 Å². The summed E-state index contributed by atoms with van der Waals surface area (Å²) in [5.41, 5.74) is 8.44. The van der Waals surface area contributed by atoms with Crippen LogP contribution in [0.25, 0.3) is 32.4 Å². The molecule has 1 saturated heterocycles. The zero-order chi connectivity index (χ0) is 35.8. The number of carbonyl (C=O) groups is 1. The van der Waals surface area contributed by atoms with E-state index in [9.17, 15) is 4.79 Å². The predicted molar refractivity (Wildman–Crippen MR) is 216 cm³/mol. The van der Waals surface area contributed by atoms with E-state index in [4.69, 9.17) is 16.7 Å². The van der Waals surface area contributed by atoms with E-state index < -0.39 is 5.97 Å². The minimum absolute atomic E-state index is 0.179. The topological polar surface area (TPSA) is 56.7 Å². The molecule has 1 fully saturated rings. The fraction of sp³-hybridized carbons (Fsp3) is 0.217. The minimum atomic E-state index is -0.911. The standard InChI is InChI=1S/C36H35ClN2.C10H7NO2/c1-36(2)24-34-26(11-17-32-31-9-4-3-6-25(31)10-16-33(32)34)23-35(36)27-7-5-8-30(22-27)39-20-18-38(19-21-39)29-14-12-28(37)13-15-29;12-10(13)8-3-4-9-7(6-8)2-1-5-11-9/h3-17,22,35H,18-21,23-24H2,1-2H3;1-6H,(H,12,13). The lowest BCUT2D eigenvalue weighted by atomic mass is 9.63. The summed E-state index contributed by atoms with van der Waals surface area (Å²) < 4.78 is 0. The Bertz CT molecular complexity index is 2410. The number of piperazine rings is 1. The van der Waals surface area contributed by atoms with Gasteiger partial charge in [0.25, 0.3) is 0 Å². The molecule has 2 heterocycles. The van der Waals surface area contributed by atoms with Crippen molar-refractivity contribution in [1.29, 1.82) is 0 Å². The summed E-state index contributed by atoms with van der Waals surface area (Å²) in [6, 6.07) is 44.4. The molecule has 260 valence electrons. The highest BCUT2D eigenvalue weighted by atomic mass is 35.5. The molecular weight excluding hydrogens is 662 g/mol. The Kier molecular flexibility index (Phi) is 9.06. The second-order valence-corrected chi connectivity index (χ2v) is 15.2. The summed E-state index contributed by atoms with van der Waals surface area (Å²) in [4.78, 5) is 19.7. The van der Waals surface area contributed by atoms with Crippen LogP contribution in [0.3, 0.4) is 0 Å².